The maximum absolute atomic E-state index is 11.3. The normalized spacial score (nSPS) is 25.6. The van der Waals surface area contributed by atoms with E-state index in [4.69, 9.17) is 0 Å². The van der Waals surface area contributed by atoms with Gasteiger partial charge in [-0.1, -0.05) is 12.8 Å². The van der Waals surface area contributed by atoms with Gasteiger partial charge in [0.05, 0.1) is 0 Å². The molecule has 3 nitrogen and oxygen atoms in total. The van der Waals surface area contributed by atoms with Crippen LogP contribution in [0.4, 0.5) is 0 Å². The maximum Gasteiger partial charge on any atom is 0.324 e. The van der Waals surface area contributed by atoms with Crippen molar-refractivity contribution >= 4 is 5.97 Å². The minimum Gasteiger partial charge on any atom is -0.480 e. The Morgan fingerprint density at radius 1 is 1.43 bits per heavy atom. The van der Waals surface area contributed by atoms with Gasteiger partial charge < -0.3 is 5.11 Å². The van der Waals surface area contributed by atoms with E-state index in [0.717, 1.165) is 38.1 Å². The highest BCUT2D eigenvalue weighted by Crippen LogP contribution is 2.38. The third-order valence-corrected chi connectivity index (χ3v) is 3.79. The van der Waals surface area contributed by atoms with Gasteiger partial charge in [0.25, 0.3) is 0 Å². The molecule has 0 amide bonds. The third-order valence-electron chi connectivity index (χ3n) is 3.79. The number of hydrogen-bond acceptors (Lipinski definition) is 2. The molecule has 0 spiro atoms. The molecular formula is C11H19NO2. The number of rotatable bonds is 4. The molecule has 0 aromatic heterocycles. The number of nitrogens with zero attached hydrogens (tertiary/aromatic N) is 1. The Hall–Kier alpha value is -0.570. The van der Waals surface area contributed by atoms with Crippen LogP contribution in [0.15, 0.2) is 0 Å². The van der Waals surface area contributed by atoms with Gasteiger partial charge in [0.15, 0.2) is 0 Å². The Labute approximate surface area is 85.1 Å². The molecule has 14 heavy (non-hydrogen) atoms. The molecule has 0 bridgehead atoms. The van der Waals surface area contributed by atoms with Gasteiger partial charge in [-0.05, 0) is 38.6 Å². The smallest absolute Gasteiger partial charge is 0.324 e. The fourth-order valence-electron chi connectivity index (χ4n) is 2.58. The van der Waals surface area contributed by atoms with E-state index in [2.05, 4.69) is 4.90 Å². The summed E-state index contributed by atoms with van der Waals surface area (Å²) in [4.78, 5) is 13.4. The molecule has 1 N–H and O–H groups in total. The quantitative estimate of drug-likeness (QED) is 0.746. The van der Waals surface area contributed by atoms with Crippen molar-refractivity contribution in [3.05, 3.63) is 0 Å². The second-order valence-corrected chi connectivity index (χ2v) is 4.87. The standard InChI is InChI=1S/C11H19NO2/c1-12(8-9-4-5-9)11(10(13)14)6-2-3-7-11/h9H,2-8H2,1H3,(H,13,14). The summed E-state index contributed by atoms with van der Waals surface area (Å²) < 4.78 is 0. The molecule has 0 unspecified atom stereocenters. The molecule has 0 atom stereocenters. The van der Waals surface area contributed by atoms with Crippen molar-refractivity contribution in [2.24, 2.45) is 5.92 Å². The highest BCUT2D eigenvalue weighted by Gasteiger charge is 2.45. The van der Waals surface area contributed by atoms with Crippen molar-refractivity contribution < 1.29 is 9.90 Å². The third kappa shape index (κ3) is 1.65. The van der Waals surface area contributed by atoms with Crippen molar-refractivity contribution in [1.29, 1.82) is 0 Å². The van der Waals surface area contributed by atoms with Crippen LogP contribution >= 0.6 is 0 Å². The molecule has 0 radical (unpaired) electrons. The molecule has 3 heteroatoms. The summed E-state index contributed by atoms with van der Waals surface area (Å²) in [6, 6.07) is 0. The molecule has 2 fully saturated rings. The maximum atomic E-state index is 11.3. The average molecular weight is 197 g/mol. The van der Waals surface area contributed by atoms with E-state index in [1.54, 1.807) is 0 Å². The van der Waals surface area contributed by atoms with Crippen molar-refractivity contribution in [2.45, 2.75) is 44.1 Å². The van der Waals surface area contributed by atoms with Gasteiger partial charge in [0, 0.05) is 6.54 Å². The summed E-state index contributed by atoms with van der Waals surface area (Å²) in [6.07, 6.45) is 6.40. The van der Waals surface area contributed by atoms with Crippen LogP contribution in [0.3, 0.4) is 0 Å². The SMILES string of the molecule is CN(CC1CC1)C1(C(=O)O)CCCC1. The lowest BCUT2D eigenvalue weighted by atomic mass is 9.95. The van der Waals surface area contributed by atoms with E-state index in [-0.39, 0.29) is 0 Å². The van der Waals surface area contributed by atoms with E-state index in [1.807, 2.05) is 7.05 Å². The van der Waals surface area contributed by atoms with Crippen molar-refractivity contribution in [3.63, 3.8) is 0 Å². The topological polar surface area (TPSA) is 40.5 Å². The van der Waals surface area contributed by atoms with E-state index in [9.17, 15) is 9.90 Å². The molecule has 0 aliphatic heterocycles. The Bertz CT molecular complexity index is 229. The van der Waals surface area contributed by atoms with Gasteiger partial charge in [-0.25, -0.2) is 0 Å². The fourth-order valence-corrected chi connectivity index (χ4v) is 2.58. The summed E-state index contributed by atoms with van der Waals surface area (Å²) in [5, 5.41) is 9.33. The van der Waals surface area contributed by atoms with E-state index < -0.39 is 11.5 Å². The monoisotopic (exact) mass is 197 g/mol. The Morgan fingerprint density at radius 2 is 2.00 bits per heavy atom. The van der Waals surface area contributed by atoms with Crippen LogP contribution in [0.5, 0.6) is 0 Å². The lowest BCUT2D eigenvalue weighted by Gasteiger charge is -2.34. The molecule has 0 aromatic carbocycles. The van der Waals surface area contributed by atoms with Crippen LogP contribution in [0.1, 0.15) is 38.5 Å². The highest BCUT2D eigenvalue weighted by atomic mass is 16.4. The number of carbonyl (C=O) groups is 1. The molecule has 2 aliphatic rings. The molecule has 2 aliphatic carbocycles. The van der Waals surface area contributed by atoms with Gasteiger partial charge in [0.2, 0.25) is 0 Å². The van der Waals surface area contributed by atoms with Gasteiger partial charge in [0.1, 0.15) is 5.54 Å². The first-order chi connectivity index (χ1) is 6.65. The molecule has 0 heterocycles. The van der Waals surface area contributed by atoms with Crippen LogP contribution in [-0.4, -0.2) is 35.1 Å². The summed E-state index contributed by atoms with van der Waals surface area (Å²) in [5.74, 6) is 0.162. The largest absolute Gasteiger partial charge is 0.480 e. The predicted molar refractivity (Wildman–Crippen MR) is 54.2 cm³/mol. The first-order valence-electron chi connectivity index (χ1n) is 5.60. The number of likely N-dealkylation sites (N-methyl/N-ethyl adjacent to an activating group) is 1. The summed E-state index contributed by atoms with van der Waals surface area (Å²) in [7, 11) is 1.98. The highest BCUT2D eigenvalue weighted by molar-refractivity contribution is 5.79. The summed E-state index contributed by atoms with van der Waals surface area (Å²) in [5.41, 5.74) is -0.525. The summed E-state index contributed by atoms with van der Waals surface area (Å²) >= 11 is 0. The Kier molecular flexibility index (Phi) is 2.52. The zero-order valence-electron chi connectivity index (χ0n) is 8.83. The number of aliphatic carboxylic acids is 1. The molecule has 2 saturated carbocycles. The molecule has 2 rings (SSSR count). The molecule has 80 valence electrons. The lowest BCUT2D eigenvalue weighted by molar-refractivity contribution is -0.150. The van der Waals surface area contributed by atoms with Gasteiger partial charge in [-0.15, -0.1) is 0 Å². The zero-order chi connectivity index (χ0) is 10.2. The minimum atomic E-state index is -0.613. The first-order valence-corrected chi connectivity index (χ1v) is 5.60. The van der Waals surface area contributed by atoms with Gasteiger partial charge in [-0.2, -0.15) is 0 Å². The van der Waals surface area contributed by atoms with Crippen LogP contribution in [0, 0.1) is 5.92 Å². The van der Waals surface area contributed by atoms with E-state index >= 15 is 0 Å². The minimum absolute atomic E-state index is 0.525. The van der Waals surface area contributed by atoms with Gasteiger partial charge >= 0.3 is 5.97 Å². The lowest BCUT2D eigenvalue weighted by Crippen LogP contribution is -2.51. The van der Waals surface area contributed by atoms with E-state index in [0.29, 0.717) is 0 Å². The van der Waals surface area contributed by atoms with Crippen molar-refractivity contribution in [2.75, 3.05) is 13.6 Å². The number of carboxylic acids is 1. The van der Waals surface area contributed by atoms with Crippen LogP contribution in [0.2, 0.25) is 0 Å². The van der Waals surface area contributed by atoms with Crippen LogP contribution < -0.4 is 0 Å². The van der Waals surface area contributed by atoms with Crippen molar-refractivity contribution in [1.82, 2.24) is 4.90 Å². The van der Waals surface area contributed by atoms with E-state index in [1.165, 1.54) is 12.8 Å². The Balaban J connectivity index is 2.04. The molecule has 0 aromatic rings. The van der Waals surface area contributed by atoms with Crippen LogP contribution in [0.25, 0.3) is 0 Å². The predicted octanol–water partition coefficient (Wildman–Crippen LogP) is 1.73. The first kappa shape index (κ1) is 9.97. The molecule has 0 saturated heterocycles. The second-order valence-electron chi connectivity index (χ2n) is 4.87. The Morgan fingerprint density at radius 3 is 2.43 bits per heavy atom. The number of carboxylic acid groups (broad SMARTS) is 1. The average Bonchev–Trinajstić information content (AvgIpc) is 2.82. The summed E-state index contributed by atoms with van der Waals surface area (Å²) in [6.45, 7) is 0.978. The van der Waals surface area contributed by atoms with Crippen LogP contribution in [-0.2, 0) is 4.79 Å². The van der Waals surface area contributed by atoms with Gasteiger partial charge in [-0.3, -0.25) is 9.69 Å². The van der Waals surface area contributed by atoms with Crippen molar-refractivity contribution in [3.8, 4) is 0 Å². The number of hydrogen-bond donors (Lipinski definition) is 1. The molecular weight excluding hydrogens is 178 g/mol. The second kappa shape index (κ2) is 3.54. The fraction of sp³-hybridized carbons (Fsp3) is 0.909. The zero-order valence-corrected chi connectivity index (χ0v) is 8.83.